The molecule has 0 aliphatic carbocycles. The van der Waals surface area contributed by atoms with Gasteiger partial charge in [-0.25, -0.2) is 4.79 Å². The minimum absolute atomic E-state index is 0.455. The van der Waals surface area contributed by atoms with E-state index < -0.39 is 47.0 Å². The Kier molecular flexibility index (Phi) is 6.42. The highest BCUT2D eigenvalue weighted by molar-refractivity contribution is 5.84. The van der Waals surface area contributed by atoms with Crippen LogP contribution in [0.2, 0.25) is 0 Å². The fraction of sp³-hybridized carbons (Fsp3) is 0.833. The van der Waals surface area contributed by atoms with E-state index in [9.17, 15) is 14.4 Å². The molecule has 1 saturated heterocycles. The van der Waals surface area contributed by atoms with Gasteiger partial charge in [0.2, 0.25) is 6.10 Å². The maximum atomic E-state index is 12.2. The Hall–Kier alpha value is -1.59. The highest BCUT2D eigenvalue weighted by Crippen LogP contribution is 2.30. The maximum Gasteiger partial charge on any atom is 0.352 e. The molecule has 1 heterocycles. The first kappa shape index (κ1) is 20.5. The van der Waals surface area contributed by atoms with Crippen LogP contribution in [0.25, 0.3) is 0 Å². The first-order chi connectivity index (χ1) is 10.9. The molecule has 3 atom stereocenters. The van der Waals surface area contributed by atoms with E-state index in [1.807, 2.05) is 6.92 Å². The molecular weight excluding hydrogens is 312 g/mol. The average Bonchev–Trinajstić information content (AvgIpc) is 2.71. The smallest absolute Gasteiger partial charge is 0.352 e. The zero-order valence-corrected chi connectivity index (χ0v) is 15.8. The van der Waals surface area contributed by atoms with Crippen molar-refractivity contribution < 1.29 is 28.6 Å². The number of esters is 3. The van der Waals surface area contributed by atoms with Crippen LogP contribution in [0.3, 0.4) is 0 Å². The van der Waals surface area contributed by atoms with Gasteiger partial charge in [-0.3, -0.25) is 9.59 Å². The van der Waals surface area contributed by atoms with E-state index in [1.165, 1.54) is 0 Å². The van der Waals surface area contributed by atoms with Gasteiger partial charge in [-0.1, -0.05) is 13.3 Å². The molecule has 138 valence electrons. The van der Waals surface area contributed by atoms with Crippen LogP contribution in [0.1, 0.15) is 67.7 Å². The van der Waals surface area contributed by atoms with E-state index >= 15 is 0 Å². The molecule has 0 unspecified atom stereocenters. The summed E-state index contributed by atoms with van der Waals surface area (Å²) in [6, 6.07) is 0. The lowest BCUT2D eigenvalue weighted by Gasteiger charge is -2.26. The molecular formula is C18H30O6. The predicted octanol–water partition coefficient (Wildman–Crippen LogP) is 3.02. The van der Waals surface area contributed by atoms with Crippen LogP contribution < -0.4 is 0 Å². The largest absolute Gasteiger partial charge is 0.455 e. The topological polar surface area (TPSA) is 78.9 Å². The van der Waals surface area contributed by atoms with Crippen LogP contribution in [0, 0.1) is 10.8 Å². The van der Waals surface area contributed by atoms with Crippen LogP contribution >= 0.6 is 0 Å². The van der Waals surface area contributed by atoms with Crippen LogP contribution in [-0.4, -0.2) is 36.2 Å². The van der Waals surface area contributed by atoms with Crippen LogP contribution in [0.5, 0.6) is 0 Å². The quantitative estimate of drug-likeness (QED) is 0.564. The summed E-state index contributed by atoms with van der Waals surface area (Å²) in [4.78, 5) is 36.6. The summed E-state index contributed by atoms with van der Waals surface area (Å²) in [5.74, 6) is -1.64. The second-order valence-electron chi connectivity index (χ2n) is 8.31. The summed E-state index contributed by atoms with van der Waals surface area (Å²) in [7, 11) is 0. The van der Waals surface area contributed by atoms with Crippen molar-refractivity contribution in [3.8, 4) is 0 Å². The molecule has 0 spiro atoms. The summed E-state index contributed by atoms with van der Waals surface area (Å²) in [5.41, 5.74) is -1.49. The van der Waals surface area contributed by atoms with Crippen molar-refractivity contribution in [2.75, 3.05) is 0 Å². The lowest BCUT2D eigenvalue weighted by atomic mass is 9.96. The molecule has 0 N–H and O–H groups in total. The fourth-order valence-electron chi connectivity index (χ4n) is 2.09. The Bertz CT molecular complexity index is 483. The Balaban J connectivity index is 2.97. The van der Waals surface area contributed by atoms with Crippen LogP contribution in [-0.2, 0) is 28.6 Å². The van der Waals surface area contributed by atoms with Crippen molar-refractivity contribution >= 4 is 17.9 Å². The van der Waals surface area contributed by atoms with Gasteiger partial charge in [-0.05, 0) is 54.4 Å². The van der Waals surface area contributed by atoms with Crippen LogP contribution in [0.4, 0.5) is 0 Å². The summed E-state index contributed by atoms with van der Waals surface area (Å²) in [6.45, 7) is 12.3. The van der Waals surface area contributed by atoms with Gasteiger partial charge < -0.3 is 14.2 Å². The zero-order chi connectivity index (χ0) is 18.7. The first-order valence-corrected chi connectivity index (χ1v) is 8.50. The second-order valence-corrected chi connectivity index (χ2v) is 8.31. The molecule has 0 saturated carbocycles. The molecule has 0 aromatic rings. The maximum absolute atomic E-state index is 12.2. The van der Waals surface area contributed by atoms with E-state index in [4.69, 9.17) is 14.2 Å². The van der Waals surface area contributed by atoms with Crippen LogP contribution in [0.15, 0.2) is 0 Å². The minimum Gasteiger partial charge on any atom is -0.455 e. The van der Waals surface area contributed by atoms with Gasteiger partial charge in [-0.15, -0.1) is 0 Å². The normalized spacial score (nSPS) is 24.5. The Morgan fingerprint density at radius 1 is 1.00 bits per heavy atom. The highest BCUT2D eigenvalue weighted by atomic mass is 16.7. The van der Waals surface area contributed by atoms with Gasteiger partial charge in [0, 0.05) is 0 Å². The second kappa shape index (κ2) is 7.53. The Morgan fingerprint density at radius 3 is 1.96 bits per heavy atom. The van der Waals surface area contributed by atoms with Crippen molar-refractivity contribution in [1.29, 1.82) is 0 Å². The molecule has 6 nitrogen and oxygen atoms in total. The molecule has 1 fully saturated rings. The number of hydrogen-bond donors (Lipinski definition) is 0. The number of carbonyl (C=O) groups is 3. The molecule has 1 rings (SSSR count). The first-order valence-electron chi connectivity index (χ1n) is 8.50. The average molecular weight is 342 g/mol. The monoisotopic (exact) mass is 342 g/mol. The van der Waals surface area contributed by atoms with Crippen molar-refractivity contribution in [2.24, 2.45) is 10.8 Å². The third kappa shape index (κ3) is 5.21. The minimum atomic E-state index is -1.20. The summed E-state index contributed by atoms with van der Waals surface area (Å²) in [5, 5.41) is 0. The molecule has 0 amide bonds. The Morgan fingerprint density at radius 2 is 1.50 bits per heavy atom. The van der Waals surface area contributed by atoms with E-state index in [-0.39, 0.29) is 0 Å². The van der Waals surface area contributed by atoms with Gasteiger partial charge in [-0.2, -0.15) is 0 Å². The molecule has 1 aliphatic rings. The predicted molar refractivity (Wildman–Crippen MR) is 88.1 cm³/mol. The van der Waals surface area contributed by atoms with E-state index in [1.54, 1.807) is 41.5 Å². The molecule has 0 aromatic carbocycles. The number of unbranched alkanes of at least 4 members (excludes halogenated alkanes) is 1. The SMILES string of the molecule is CCCC[C@@H]1OC(=O)[C@H](OC(=O)C(C)(C)C)[C@H]1OC(=O)C(C)(C)C. The van der Waals surface area contributed by atoms with Crippen molar-refractivity contribution in [3.63, 3.8) is 0 Å². The lowest BCUT2D eigenvalue weighted by molar-refractivity contribution is -0.177. The summed E-state index contributed by atoms with van der Waals surface area (Å²) >= 11 is 0. The van der Waals surface area contributed by atoms with Crippen molar-refractivity contribution in [3.05, 3.63) is 0 Å². The molecule has 0 bridgehead atoms. The molecule has 0 radical (unpaired) electrons. The standard InChI is InChI=1S/C18H30O6/c1-8-9-10-11-12(23-15(20)17(2,3)4)13(14(19)22-11)24-16(21)18(5,6)7/h11-13H,8-10H2,1-7H3/t11-,12-,13+/m0/s1. The fourth-order valence-corrected chi connectivity index (χ4v) is 2.09. The number of cyclic esters (lactones) is 1. The number of hydrogen-bond acceptors (Lipinski definition) is 6. The van der Waals surface area contributed by atoms with Gasteiger partial charge in [0.1, 0.15) is 6.10 Å². The molecule has 0 aromatic heterocycles. The van der Waals surface area contributed by atoms with E-state index in [0.717, 1.165) is 12.8 Å². The number of rotatable bonds is 5. The van der Waals surface area contributed by atoms with E-state index in [0.29, 0.717) is 6.42 Å². The van der Waals surface area contributed by atoms with Gasteiger partial charge in [0.05, 0.1) is 10.8 Å². The third-order valence-corrected chi connectivity index (χ3v) is 3.71. The van der Waals surface area contributed by atoms with Crippen molar-refractivity contribution in [2.45, 2.75) is 86.0 Å². The summed E-state index contributed by atoms with van der Waals surface area (Å²) in [6.07, 6.45) is -0.385. The number of ether oxygens (including phenoxy) is 3. The third-order valence-electron chi connectivity index (χ3n) is 3.71. The summed E-state index contributed by atoms with van der Waals surface area (Å²) < 4.78 is 16.2. The highest BCUT2D eigenvalue weighted by Gasteiger charge is 2.51. The van der Waals surface area contributed by atoms with Crippen molar-refractivity contribution in [1.82, 2.24) is 0 Å². The van der Waals surface area contributed by atoms with E-state index in [2.05, 4.69) is 0 Å². The number of carbonyl (C=O) groups excluding carboxylic acids is 3. The van der Waals surface area contributed by atoms with Gasteiger partial charge in [0.15, 0.2) is 6.10 Å². The lowest BCUT2D eigenvalue weighted by Crippen LogP contribution is -2.43. The van der Waals surface area contributed by atoms with Gasteiger partial charge in [0.25, 0.3) is 0 Å². The molecule has 1 aliphatic heterocycles. The molecule has 24 heavy (non-hydrogen) atoms. The molecule has 6 heteroatoms. The van der Waals surface area contributed by atoms with Gasteiger partial charge >= 0.3 is 17.9 Å². The zero-order valence-electron chi connectivity index (χ0n) is 15.8. The Labute approximate surface area is 144 Å².